The Morgan fingerprint density at radius 3 is 2.43 bits per heavy atom. The number of halogens is 1. The highest BCUT2D eigenvalue weighted by molar-refractivity contribution is 6.36. The van der Waals surface area contributed by atoms with E-state index in [1.807, 2.05) is 12.1 Å². The van der Waals surface area contributed by atoms with Gasteiger partial charge in [-0.05, 0) is 18.2 Å². The summed E-state index contributed by atoms with van der Waals surface area (Å²) in [6.07, 6.45) is 2.51. The summed E-state index contributed by atoms with van der Waals surface area (Å²) in [4.78, 5) is 4.87. The van der Waals surface area contributed by atoms with Crippen LogP contribution in [0.1, 0.15) is 18.4 Å². The summed E-state index contributed by atoms with van der Waals surface area (Å²) in [5.74, 6) is 0.699. The molecule has 1 N–H and O–H groups in total. The van der Waals surface area contributed by atoms with Gasteiger partial charge in [-0.3, -0.25) is 4.90 Å². The molecule has 1 aliphatic carbocycles. The summed E-state index contributed by atoms with van der Waals surface area (Å²) >= 11 is 6.60. The Morgan fingerprint density at radius 2 is 1.79 bits per heavy atom. The normalized spacial score (nSPS) is 18.2. The van der Waals surface area contributed by atoms with Crippen LogP contribution in [0.4, 0.5) is 11.4 Å². The maximum absolute atomic E-state index is 7.55. The van der Waals surface area contributed by atoms with Crippen molar-refractivity contribution in [1.29, 1.82) is 5.53 Å². The molecule has 0 spiro atoms. The second-order valence-corrected chi connectivity index (χ2v) is 8.35. The monoisotopic (exact) mass is 396 g/mol. The molecular formula is C22H27ClN5-. The van der Waals surface area contributed by atoms with Crippen LogP contribution in [0.3, 0.4) is 0 Å². The minimum atomic E-state index is 0.473. The van der Waals surface area contributed by atoms with Crippen LogP contribution in [0.5, 0.6) is 0 Å². The molecule has 0 atom stereocenters. The molecule has 2 aromatic rings. The van der Waals surface area contributed by atoms with Gasteiger partial charge in [-0.2, -0.15) is 5.11 Å². The number of hydrogen-bond acceptors (Lipinski definition) is 4. The zero-order valence-electron chi connectivity index (χ0n) is 16.4. The molecule has 148 valence electrons. The summed E-state index contributed by atoms with van der Waals surface area (Å²) in [5, 5.41) is 8.79. The third-order valence-corrected chi connectivity index (χ3v) is 6.07. The van der Waals surface area contributed by atoms with Gasteiger partial charge in [0.2, 0.25) is 0 Å². The van der Waals surface area contributed by atoms with Crippen molar-refractivity contribution in [3.8, 4) is 11.1 Å². The van der Waals surface area contributed by atoms with Gasteiger partial charge >= 0.3 is 0 Å². The maximum Gasteiger partial charge on any atom is 0.0893 e. The Balaban J connectivity index is 1.47. The lowest BCUT2D eigenvalue weighted by Gasteiger charge is -2.32. The van der Waals surface area contributed by atoms with Crippen molar-refractivity contribution < 1.29 is 0 Å². The first-order valence-corrected chi connectivity index (χ1v) is 10.4. The second kappa shape index (κ2) is 8.60. The first kappa shape index (κ1) is 19.4. The third kappa shape index (κ3) is 4.54. The molecular weight excluding hydrogens is 370 g/mol. The summed E-state index contributed by atoms with van der Waals surface area (Å²) in [5.41, 5.74) is 12.0. The summed E-state index contributed by atoms with van der Waals surface area (Å²) in [6.45, 7) is 6.28. The summed E-state index contributed by atoms with van der Waals surface area (Å²) in [6, 6.07) is 12.5. The number of rotatable bonds is 7. The Labute approximate surface area is 172 Å². The molecule has 0 radical (unpaired) electrons. The minimum Gasteiger partial charge on any atom is -0.682 e. The smallest absolute Gasteiger partial charge is 0.0893 e. The van der Waals surface area contributed by atoms with Crippen LogP contribution in [-0.4, -0.2) is 49.6 Å². The van der Waals surface area contributed by atoms with Gasteiger partial charge in [0.25, 0.3) is 0 Å². The van der Waals surface area contributed by atoms with Gasteiger partial charge in [0, 0.05) is 38.3 Å². The summed E-state index contributed by atoms with van der Waals surface area (Å²) in [7, 11) is 2.18. The van der Waals surface area contributed by atoms with E-state index in [4.69, 9.17) is 17.1 Å². The van der Waals surface area contributed by atoms with Crippen LogP contribution in [0.25, 0.3) is 16.4 Å². The number of hydrogen-bond donors (Lipinski definition) is 1. The molecule has 6 heteroatoms. The molecule has 28 heavy (non-hydrogen) atoms. The van der Waals surface area contributed by atoms with Crippen molar-refractivity contribution in [3.63, 3.8) is 0 Å². The summed E-state index contributed by atoms with van der Waals surface area (Å²) < 4.78 is 0. The van der Waals surface area contributed by atoms with E-state index in [1.54, 1.807) is 0 Å². The highest BCUT2D eigenvalue weighted by atomic mass is 35.5. The molecule has 0 unspecified atom stereocenters. The van der Waals surface area contributed by atoms with Gasteiger partial charge in [0.05, 0.1) is 10.7 Å². The molecule has 2 aliphatic rings. The largest absolute Gasteiger partial charge is 0.682 e. The van der Waals surface area contributed by atoms with Crippen molar-refractivity contribution in [2.24, 2.45) is 11.0 Å². The van der Waals surface area contributed by atoms with E-state index < -0.39 is 0 Å². The SMILES string of the molecule is CN1CCN(Cc2ccc(-c3ccc([N-]CC4CC4)c(N=N)c3Cl)cc2)CC1. The zero-order valence-corrected chi connectivity index (χ0v) is 17.1. The number of nitrogens with one attached hydrogen (secondary N) is 1. The maximum atomic E-state index is 7.55. The molecule has 1 saturated carbocycles. The van der Waals surface area contributed by atoms with E-state index in [2.05, 4.69) is 51.5 Å². The Bertz CT molecular complexity index is 824. The van der Waals surface area contributed by atoms with Crippen LogP contribution < -0.4 is 0 Å². The van der Waals surface area contributed by atoms with Gasteiger partial charge in [0.15, 0.2) is 0 Å². The molecule has 0 bridgehead atoms. The minimum absolute atomic E-state index is 0.473. The molecule has 1 heterocycles. The van der Waals surface area contributed by atoms with Crippen LogP contribution in [0, 0.1) is 11.4 Å². The highest BCUT2D eigenvalue weighted by Gasteiger charge is 2.17. The van der Waals surface area contributed by atoms with Gasteiger partial charge in [-0.1, -0.05) is 66.8 Å². The molecule has 1 aliphatic heterocycles. The Morgan fingerprint density at radius 1 is 1.07 bits per heavy atom. The van der Waals surface area contributed by atoms with E-state index in [0.717, 1.165) is 56.1 Å². The van der Waals surface area contributed by atoms with Gasteiger partial charge in [-0.15, -0.1) is 12.2 Å². The van der Waals surface area contributed by atoms with Crippen molar-refractivity contribution in [2.45, 2.75) is 19.4 Å². The fourth-order valence-electron chi connectivity index (χ4n) is 3.59. The fraction of sp³-hybridized carbons (Fsp3) is 0.455. The Hall–Kier alpha value is -1.95. The average molecular weight is 397 g/mol. The molecule has 1 saturated heterocycles. The zero-order chi connectivity index (χ0) is 19.5. The third-order valence-electron chi connectivity index (χ3n) is 5.69. The predicted octanol–water partition coefficient (Wildman–Crippen LogP) is 5.83. The first-order valence-electron chi connectivity index (χ1n) is 10.0. The average Bonchev–Trinajstić information content (AvgIpc) is 3.53. The van der Waals surface area contributed by atoms with E-state index in [1.165, 1.54) is 18.4 Å². The number of nitrogens with zero attached hydrogens (tertiary/aromatic N) is 4. The van der Waals surface area contributed by atoms with E-state index in [0.29, 0.717) is 16.6 Å². The van der Waals surface area contributed by atoms with Crippen LogP contribution in [-0.2, 0) is 6.54 Å². The van der Waals surface area contributed by atoms with Crippen molar-refractivity contribution in [1.82, 2.24) is 9.80 Å². The molecule has 2 aromatic carbocycles. The van der Waals surface area contributed by atoms with Crippen molar-refractivity contribution in [2.75, 3.05) is 39.8 Å². The van der Waals surface area contributed by atoms with Crippen LogP contribution in [0.2, 0.25) is 5.02 Å². The van der Waals surface area contributed by atoms with E-state index in [9.17, 15) is 0 Å². The molecule has 0 aromatic heterocycles. The lowest BCUT2D eigenvalue weighted by atomic mass is 10.0. The number of benzene rings is 2. The standard InChI is InChI=1S/C22H27ClN5/c1-27-10-12-28(13-11-27)15-17-4-6-18(7-5-17)19-8-9-20(22(26-24)21(19)23)25-14-16-2-3-16/h4-9,16,24H,2-3,10-15H2,1H3/q-1. The van der Waals surface area contributed by atoms with Gasteiger partial charge in [-0.25, -0.2) is 5.53 Å². The quantitative estimate of drug-likeness (QED) is 0.598. The van der Waals surface area contributed by atoms with Crippen molar-refractivity contribution >= 4 is 23.0 Å². The lowest BCUT2D eigenvalue weighted by molar-refractivity contribution is 0.148. The number of likely N-dealkylation sites (N-methyl/N-ethyl adjacent to an activating group) is 1. The first-order chi connectivity index (χ1) is 13.6. The molecule has 2 fully saturated rings. The van der Waals surface area contributed by atoms with Gasteiger partial charge in [0.1, 0.15) is 0 Å². The van der Waals surface area contributed by atoms with E-state index in [-0.39, 0.29) is 0 Å². The van der Waals surface area contributed by atoms with Crippen LogP contribution in [0.15, 0.2) is 41.5 Å². The van der Waals surface area contributed by atoms with Crippen LogP contribution >= 0.6 is 11.6 Å². The molecule has 0 amide bonds. The fourth-order valence-corrected chi connectivity index (χ4v) is 3.90. The number of piperazine rings is 1. The van der Waals surface area contributed by atoms with E-state index >= 15 is 0 Å². The Kier molecular flexibility index (Phi) is 5.95. The second-order valence-electron chi connectivity index (χ2n) is 7.97. The predicted molar refractivity (Wildman–Crippen MR) is 115 cm³/mol. The molecule has 5 nitrogen and oxygen atoms in total. The van der Waals surface area contributed by atoms with Gasteiger partial charge < -0.3 is 10.2 Å². The topological polar surface area (TPSA) is 56.8 Å². The highest BCUT2D eigenvalue weighted by Crippen LogP contribution is 2.45. The molecule has 4 rings (SSSR count). The van der Waals surface area contributed by atoms with Crippen molar-refractivity contribution in [3.05, 3.63) is 52.3 Å². The lowest BCUT2D eigenvalue weighted by Crippen LogP contribution is -2.43.